The molecule has 1 aromatic rings. The van der Waals surface area contributed by atoms with Crippen LogP contribution in [-0.4, -0.2) is 48.5 Å². The molecular weight excluding hydrogens is 358 g/mol. The Hall–Kier alpha value is -2.41. The summed E-state index contributed by atoms with van der Waals surface area (Å²) in [5, 5.41) is 5.49. The molecule has 152 valence electrons. The van der Waals surface area contributed by atoms with Crippen LogP contribution >= 0.6 is 0 Å². The highest BCUT2D eigenvalue weighted by Gasteiger charge is 2.49. The Kier molecular flexibility index (Phi) is 5.48. The van der Waals surface area contributed by atoms with Crippen molar-refractivity contribution in [1.29, 1.82) is 0 Å². The fourth-order valence-corrected chi connectivity index (χ4v) is 3.57. The minimum atomic E-state index is -1.18. The van der Waals surface area contributed by atoms with E-state index in [0.717, 1.165) is 23.3 Å². The van der Waals surface area contributed by atoms with E-state index in [1.807, 2.05) is 24.3 Å². The first-order valence-electron chi connectivity index (χ1n) is 9.75. The summed E-state index contributed by atoms with van der Waals surface area (Å²) >= 11 is 0. The second-order valence-corrected chi connectivity index (χ2v) is 8.71. The van der Waals surface area contributed by atoms with Crippen LogP contribution in [0.25, 0.3) is 0 Å². The number of hydrogen-bond donors (Lipinski definition) is 2. The molecular formula is C21H29N3O4. The summed E-state index contributed by atoms with van der Waals surface area (Å²) in [5.41, 5.74) is 0.654. The number of nitrogens with one attached hydrogen (secondary N) is 2. The van der Waals surface area contributed by atoms with Crippen LogP contribution in [-0.2, 0) is 25.3 Å². The molecule has 2 atom stereocenters. The zero-order valence-corrected chi connectivity index (χ0v) is 17.0. The third-order valence-electron chi connectivity index (χ3n) is 5.46. The Morgan fingerprint density at radius 3 is 2.54 bits per heavy atom. The Labute approximate surface area is 165 Å². The second-order valence-electron chi connectivity index (χ2n) is 8.71. The number of carbonyl (C=O) groups excluding carboxylic acids is 3. The molecule has 0 bridgehead atoms. The van der Waals surface area contributed by atoms with E-state index < -0.39 is 17.5 Å². The van der Waals surface area contributed by atoms with Crippen LogP contribution < -0.4 is 10.6 Å². The smallest absolute Gasteiger partial charge is 0.325 e. The molecule has 0 radical (unpaired) electrons. The molecule has 2 N–H and O–H groups in total. The topological polar surface area (TPSA) is 87.7 Å². The standard InChI is InChI=1S/C21H29N3O4/c1-20(2,3)14-7-9-15(10-8-14)21(4)18(26)24(19(27)23-21)13-17(25)22-12-16-6-5-11-28-16/h7-10,16H,5-6,11-13H2,1-4H3,(H,22,25)(H,23,27). The number of hydrogen-bond acceptors (Lipinski definition) is 4. The van der Waals surface area contributed by atoms with Crippen molar-refractivity contribution in [3.05, 3.63) is 35.4 Å². The van der Waals surface area contributed by atoms with E-state index in [4.69, 9.17) is 4.74 Å². The Bertz CT molecular complexity index is 763. The number of nitrogens with zero attached hydrogens (tertiary/aromatic N) is 1. The van der Waals surface area contributed by atoms with Crippen molar-refractivity contribution >= 4 is 17.8 Å². The predicted molar refractivity (Wildman–Crippen MR) is 105 cm³/mol. The van der Waals surface area contributed by atoms with Gasteiger partial charge in [0.15, 0.2) is 0 Å². The van der Waals surface area contributed by atoms with Crippen LogP contribution in [0.3, 0.4) is 0 Å². The summed E-state index contributed by atoms with van der Waals surface area (Å²) in [6, 6.07) is 7.10. The van der Waals surface area contributed by atoms with Crippen molar-refractivity contribution in [2.24, 2.45) is 0 Å². The largest absolute Gasteiger partial charge is 0.376 e. The Morgan fingerprint density at radius 1 is 1.29 bits per heavy atom. The normalized spacial score (nSPS) is 25.1. The van der Waals surface area contributed by atoms with Gasteiger partial charge >= 0.3 is 6.03 Å². The fraction of sp³-hybridized carbons (Fsp3) is 0.571. The summed E-state index contributed by atoms with van der Waals surface area (Å²) in [4.78, 5) is 38.5. The minimum absolute atomic E-state index is 0.00444. The second kappa shape index (κ2) is 7.54. The van der Waals surface area contributed by atoms with Crippen LogP contribution in [0.1, 0.15) is 51.7 Å². The molecule has 2 fully saturated rings. The van der Waals surface area contributed by atoms with E-state index in [9.17, 15) is 14.4 Å². The van der Waals surface area contributed by atoms with Gasteiger partial charge < -0.3 is 15.4 Å². The molecule has 2 aliphatic heterocycles. The maximum absolute atomic E-state index is 13.0. The first kappa shape index (κ1) is 20.3. The predicted octanol–water partition coefficient (Wildman–Crippen LogP) is 2.05. The van der Waals surface area contributed by atoms with E-state index in [1.54, 1.807) is 6.92 Å². The monoisotopic (exact) mass is 387 g/mol. The molecule has 2 aliphatic rings. The molecule has 0 saturated carbocycles. The maximum Gasteiger partial charge on any atom is 0.325 e. The third kappa shape index (κ3) is 4.04. The molecule has 7 heteroatoms. The van der Waals surface area contributed by atoms with Crippen molar-refractivity contribution in [2.45, 2.75) is 57.6 Å². The van der Waals surface area contributed by atoms with E-state index in [2.05, 4.69) is 31.4 Å². The highest BCUT2D eigenvalue weighted by molar-refractivity contribution is 6.09. The molecule has 28 heavy (non-hydrogen) atoms. The molecule has 0 aliphatic carbocycles. The molecule has 2 heterocycles. The average Bonchev–Trinajstić information content (AvgIpc) is 3.23. The van der Waals surface area contributed by atoms with E-state index in [-0.39, 0.29) is 24.0 Å². The van der Waals surface area contributed by atoms with E-state index >= 15 is 0 Å². The minimum Gasteiger partial charge on any atom is -0.376 e. The van der Waals surface area contributed by atoms with Gasteiger partial charge in [-0.25, -0.2) is 4.79 Å². The fourth-order valence-electron chi connectivity index (χ4n) is 3.57. The Morgan fingerprint density at radius 2 is 1.96 bits per heavy atom. The zero-order valence-electron chi connectivity index (χ0n) is 17.0. The van der Waals surface area contributed by atoms with Crippen molar-refractivity contribution in [2.75, 3.05) is 19.7 Å². The summed E-state index contributed by atoms with van der Waals surface area (Å²) < 4.78 is 5.47. The molecule has 0 aromatic heterocycles. The van der Waals surface area contributed by atoms with Gasteiger partial charge in [-0.3, -0.25) is 14.5 Å². The van der Waals surface area contributed by atoms with Crippen LogP contribution in [0.2, 0.25) is 0 Å². The van der Waals surface area contributed by atoms with Crippen LogP contribution in [0, 0.1) is 0 Å². The first-order valence-corrected chi connectivity index (χ1v) is 9.75. The number of carbonyl (C=O) groups is 3. The summed E-state index contributed by atoms with van der Waals surface area (Å²) in [6.45, 7) is 8.82. The lowest BCUT2D eigenvalue weighted by atomic mass is 9.84. The summed E-state index contributed by atoms with van der Waals surface area (Å²) in [5.74, 6) is -0.792. The quantitative estimate of drug-likeness (QED) is 0.757. The lowest BCUT2D eigenvalue weighted by Gasteiger charge is -2.24. The lowest BCUT2D eigenvalue weighted by molar-refractivity contribution is -0.134. The number of imide groups is 1. The SMILES string of the molecule is CC(C)(C)c1ccc(C2(C)NC(=O)N(CC(=O)NCC3CCCO3)C2=O)cc1. The van der Waals surface area contributed by atoms with Gasteiger partial charge in [-0.15, -0.1) is 0 Å². The van der Waals surface area contributed by atoms with Crippen molar-refractivity contribution in [1.82, 2.24) is 15.5 Å². The molecule has 0 spiro atoms. The maximum atomic E-state index is 13.0. The van der Waals surface area contributed by atoms with Crippen LogP contribution in [0.5, 0.6) is 0 Å². The van der Waals surface area contributed by atoms with Gasteiger partial charge in [0.1, 0.15) is 12.1 Å². The van der Waals surface area contributed by atoms with Crippen molar-refractivity contribution in [3.8, 4) is 0 Å². The molecule has 2 unspecified atom stereocenters. The highest BCUT2D eigenvalue weighted by Crippen LogP contribution is 2.31. The number of urea groups is 1. The zero-order chi connectivity index (χ0) is 20.5. The van der Waals surface area contributed by atoms with Gasteiger partial charge in [0.2, 0.25) is 5.91 Å². The number of ether oxygens (including phenoxy) is 1. The molecule has 4 amide bonds. The average molecular weight is 387 g/mol. The number of benzene rings is 1. The molecule has 1 aromatic carbocycles. The number of rotatable bonds is 5. The molecule has 3 rings (SSSR count). The van der Waals surface area contributed by atoms with Gasteiger partial charge in [0.05, 0.1) is 6.10 Å². The lowest BCUT2D eigenvalue weighted by Crippen LogP contribution is -2.44. The van der Waals surface area contributed by atoms with Crippen LogP contribution in [0.4, 0.5) is 4.79 Å². The van der Waals surface area contributed by atoms with E-state index in [0.29, 0.717) is 18.7 Å². The summed E-state index contributed by atoms with van der Waals surface area (Å²) in [6.07, 6.45) is 1.91. The number of amides is 4. The van der Waals surface area contributed by atoms with Crippen molar-refractivity contribution in [3.63, 3.8) is 0 Å². The summed E-state index contributed by atoms with van der Waals surface area (Å²) in [7, 11) is 0. The third-order valence-corrected chi connectivity index (χ3v) is 5.46. The molecule has 2 saturated heterocycles. The van der Waals surface area contributed by atoms with Crippen LogP contribution in [0.15, 0.2) is 24.3 Å². The highest BCUT2D eigenvalue weighted by atomic mass is 16.5. The van der Waals surface area contributed by atoms with Gasteiger partial charge in [0.25, 0.3) is 5.91 Å². The Balaban J connectivity index is 1.67. The van der Waals surface area contributed by atoms with Gasteiger partial charge in [-0.05, 0) is 36.3 Å². The van der Waals surface area contributed by atoms with Gasteiger partial charge in [-0.1, -0.05) is 45.0 Å². The van der Waals surface area contributed by atoms with Gasteiger partial charge in [0, 0.05) is 13.2 Å². The first-order chi connectivity index (χ1) is 13.1. The van der Waals surface area contributed by atoms with Crippen molar-refractivity contribution < 1.29 is 19.1 Å². The molecule has 7 nitrogen and oxygen atoms in total. The van der Waals surface area contributed by atoms with Gasteiger partial charge in [-0.2, -0.15) is 0 Å². The van der Waals surface area contributed by atoms with E-state index in [1.165, 1.54) is 0 Å².